The highest BCUT2D eigenvalue weighted by Gasteiger charge is 2.15. The van der Waals surface area contributed by atoms with Crippen molar-refractivity contribution in [3.8, 4) is 0 Å². The SMILES string of the molecule is O=C(O)c1cc2cc(F)ccc2n1Cc1nccs1. The maximum absolute atomic E-state index is 13.2. The first-order valence-corrected chi connectivity index (χ1v) is 6.43. The number of aromatic nitrogens is 2. The van der Waals surface area contributed by atoms with Crippen LogP contribution in [0.5, 0.6) is 0 Å². The fourth-order valence-electron chi connectivity index (χ4n) is 2.06. The van der Waals surface area contributed by atoms with E-state index >= 15 is 0 Å². The molecule has 0 atom stereocenters. The molecule has 0 saturated heterocycles. The van der Waals surface area contributed by atoms with Crippen LogP contribution in [0.4, 0.5) is 4.39 Å². The Morgan fingerprint density at radius 1 is 1.42 bits per heavy atom. The molecule has 0 unspecified atom stereocenters. The van der Waals surface area contributed by atoms with Crippen molar-refractivity contribution in [1.29, 1.82) is 0 Å². The summed E-state index contributed by atoms with van der Waals surface area (Å²) in [5.41, 5.74) is 0.824. The van der Waals surface area contributed by atoms with Crippen LogP contribution < -0.4 is 0 Å². The van der Waals surface area contributed by atoms with Gasteiger partial charge in [-0.1, -0.05) is 0 Å². The minimum Gasteiger partial charge on any atom is -0.477 e. The van der Waals surface area contributed by atoms with Crippen LogP contribution in [0.3, 0.4) is 0 Å². The van der Waals surface area contributed by atoms with Crippen LogP contribution in [0.1, 0.15) is 15.5 Å². The van der Waals surface area contributed by atoms with Crippen LogP contribution in [-0.4, -0.2) is 20.6 Å². The molecule has 3 rings (SSSR count). The van der Waals surface area contributed by atoms with Gasteiger partial charge in [0.05, 0.1) is 6.54 Å². The molecule has 0 aliphatic carbocycles. The molecule has 2 heterocycles. The molecule has 19 heavy (non-hydrogen) atoms. The van der Waals surface area contributed by atoms with E-state index in [1.165, 1.54) is 29.5 Å². The Kier molecular flexibility index (Phi) is 2.79. The Bertz CT molecular complexity index is 749. The molecule has 6 heteroatoms. The molecule has 4 nitrogen and oxygen atoms in total. The molecule has 0 bridgehead atoms. The molecule has 0 amide bonds. The van der Waals surface area contributed by atoms with Crippen LogP contribution in [0.2, 0.25) is 0 Å². The number of fused-ring (bicyclic) bond motifs is 1. The second-order valence-electron chi connectivity index (χ2n) is 4.05. The van der Waals surface area contributed by atoms with E-state index in [0.29, 0.717) is 17.4 Å². The number of thiazole rings is 1. The molecule has 1 N–H and O–H groups in total. The number of carboxylic acid groups (broad SMARTS) is 1. The summed E-state index contributed by atoms with van der Waals surface area (Å²) in [6, 6.07) is 5.73. The summed E-state index contributed by atoms with van der Waals surface area (Å²) in [4.78, 5) is 15.4. The number of halogens is 1. The lowest BCUT2D eigenvalue weighted by Crippen LogP contribution is -2.09. The molecule has 2 aromatic heterocycles. The third-order valence-electron chi connectivity index (χ3n) is 2.86. The van der Waals surface area contributed by atoms with Gasteiger partial charge in [-0.15, -0.1) is 11.3 Å². The topological polar surface area (TPSA) is 55.1 Å². The van der Waals surface area contributed by atoms with Crippen LogP contribution in [0.25, 0.3) is 10.9 Å². The summed E-state index contributed by atoms with van der Waals surface area (Å²) in [6.07, 6.45) is 1.67. The summed E-state index contributed by atoms with van der Waals surface area (Å²) >= 11 is 1.45. The van der Waals surface area contributed by atoms with E-state index in [1.807, 2.05) is 5.38 Å². The molecule has 0 spiro atoms. The van der Waals surface area contributed by atoms with Crippen molar-refractivity contribution in [2.75, 3.05) is 0 Å². The third kappa shape index (κ3) is 2.10. The Labute approximate surface area is 111 Å². The van der Waals surface area contributed by atoms with Crippen LogP contribution in [0.15, 0.2) is 35.8 Å². The van der Waals surface area contributed by atoms with E-state index in [0.717, 1.165) is 5.01 Å². The zero-order valence-corrected chi connectivity index (χ0v) is 10.5. The number of rotatable bonds is 3. The fourth-order valence-corrected chi connectivity index (χ4v) is 2.66. The first kappa shape index (κ1) is 11.9. The van der Waals surface area contributed by atoms with E-state index < -0.39 is 5.97 Å². The number of carbonyl (C=O) groups is 1. The first-order chi connectivity index (χ1) is 9.15. The lowest BCUT2D eigenvalue weighted by atomic mass is 10.2. The number of hydrogen-bond donors (Lipinski definition) is 1. The minimum atomic E-state index is -1.03. The van der Waals surface area contributed by atoms with Crippen LogP contribution >= 0.6 is 11.3 Å². The van der Waals surface area contributed by atoms with Gasteiger partial charge in [0, 0.05) is 22.5 Å². The molecule has 0 radical (unpaired) electrons. The smallest absolute Gasteiger partial charge is 0.352 e. The molecule has 0 saturated carbocycles. The monoisotopic (exact) mass is 276 g/mol. The van der Waals surface area contributed by atoms with Crippen molar-refractivity contribution in [1.82, 2.24) is 9.55 Å². The molecule has 0 aliphatic heterocycles. The third-order valence-corrected chi connectivity index (χ3v) is 3.62. The van der Waals surface area contributed by atoms with Gasteiger partial charge < -0.3 is 9.67 Å². The number of benzene rings is 1. The van der Waals surface area contributed by atoms with Crippen molar-refractivity contribution < 1.29 is 14.3 Å². The summed E-state index contributed by atoms with van der Waals surface area (Å²) in [7, 11) is 0. The van der Waals surface area contributed by atoms with E-state index in [9.17, 15) is 14.3 Å². The molecule has 0 aliphatic rings. The minimum absolute atomic E-state index is 0.135. The van der Waals surface area contributed by atoms with Gasteiger partial charge in [-0.05, 0) is 24.3 Å². The Hall–Kier alpha value is -2.21. The van der Waals surface area contributed by atoms with E-state index in [2.05, 4.69) is 4.98 Å². The lowest BCUT2D eigenvalue weighted by Gasteiger charge is -2.05. The standard InChI is InChI=1S/C13H9FN2O2S/c14-9-1-2-10-8(5-9)6-11(13(17)18)16(10)7-12-15-3-4-19-12/h1-6H,7H2,(H,17,18). The Morgan fingerprint density at radius 3 is 2.95 bits per heavy atom. The predicted octanol–water partition coefficient (Wildman–Crippen LogP) is 2.98. The fraction of sp³-hybridized carbons (Fsp3) is 0.0769. The van der Waals surface area contributed by atoms with E-state index in [1.54, 1.807) is 16.8 Å². The van der Waals surface area contributed by atoms with Crippen molar-refractivity contribution >= 4 is 28.2 Å². The maximum Gasteiger partial charge on any atom is 0.352 e. The molecular weight excluding hydrogens is 267 g/mol. The zero-order chi connectivity index (χ0) is 13.4. The quantitative estimate of drug-likeness (QED) is 0.800. The molecule has 0 fully saturated rings. The normalized spacial score (nSPS) is 11.0. The highest BCUT2D eigenvalue weighted by Crippen LogP contribution is 2.23. The second kappa shape index (κ2) is 4.47. The molecular formula is C13H9FN2O2S. The molecule has 96 valence electrons. The van der Waals surface area contributed by atoms with Crippen molar-refractivity contribution in [2.45, 2.75) is 6.54 Å². The predicted molar refractivity (Wildman–Crippen MR) is 70.1 cm³/mol. The van der Waals surface area contributed by atoms with Crippen LogP contribution in [-0.2, 0) is 6.54 Å². The van der Waals surface area contributed by atoms with Gasteiger partial charge in [0.1, 0.15) is 16.5 Å². The van der Waals surface area contributed by atoms with Gasteiger partial charge in [0.2, 0.25) is 0 Å². The Morgan fingerprint density at radius 2 is 2.26 bits per heavy atom. The van der Waals surface area contributed by atoms with Gasteiger partial charge in [0.25, 0.3) is 0 Å². The summed E-state index contributed by atoms with van der Waals surface area (Å²) < 4.78 is 14.8. The van der Waals surface area contributed by atoms with Gasteiger partial charge in [-0.2, -0.15) is 0 Å². The number of carboxylic acids is 1. The molecule has 3 aromatic rings. The zero-order valence-electron chi connectivity index (χ0n) is 9.71. The summed E-state index contributed by atoms with van der Waals surface area (Å²) in [6.45, 7) is 0.369. The number of hydrogen-bond acceptors (Lipinski definition) is 3. The number of aromatic carboxylic acids is 1. The van der Waals surface area contributed by atoms with Crippen molar-refractivity contribution in [2.24, 2.45) is 0 Å². The Balaban J connectivity index is 2.19. The van der Waals surface area contributed by atoms with Crippen molar-refractivity contribution in [3.63, 3.8) is 0 Å². The van der Waals surface area contributed by atoms with E-state index in [-0.39, 0.29) is 11.5 Å². The number of nitrogens with zero attached hydrogens (tertiary/aromatic N) is 2. The van der Waals surface area contributed by atoms with Gasteiger partial charge >= 0.3 is 5.97 Å². The molecule has 1 aromatic carbocycles. The first-order valence-electron chi connectivity index (χ1n) is 5.55. The van der Waals surface area contributed by atoms with Gasteiger partial charge in [-0.25, -0.2) is 14.2 Å². The lowest BCUT2D eigenvalue weighted by molar-refractivity contribution is 0.0686. The van der Waals surface area contributed by atoms with Gasteiger partial charge in [0.15, 0.2) is 0 Å². The second-order valence-corrected chi connectivity index (χ2v) is 5.03. The van der Waals surface area contributed by atoms with E-state index in [4.69, 9.17) is 0 Å². The largest absolute Gasteiger partial charge is 0.477 e. The summed E-state index contributed by atoms with van der Waals surface area (Å²) in [5, 5.41) is 12.5. The van der Waals surface area contributed by atoms with Crippen LogP contribution in [0, 0.1) is 5.82 Å². The highest BCUT2D eigenvalue weighted by atomic mass is 32.1. The highest BCUT2D eigenvalue weighted by molar-refractivity contribution is 7.09. The average Bonchev–Trinajstić information content (AvgIpc) is 2.97. The van der Waals surface area contributed by atoms with Crippen molar-refractivity contribution in [3.05, 3.63) is 52.4 Å². The summed E-state index contributed by atoms with van der Waals surface area (Å²) in [5.74, 6) is -1.41. The maximum atomic E-state index is 13.2. The average molecular weight is 276 g/mol. The van der Waals surface area contributed by atoms with Gasteiger partial charge in [-0.3, -0.25) is 0 Å².